The molecule has 1 rings (SSSR count). The molecular weight excluding hydrogens is 164 g/mol. The molecule has 0 heterocycles. The highest BCUT2D eigenvalue weighted by Gasteiger charge is 2.09. The third-order valence-electron chi connectivity index (χ3n) is 2.00. The molecule has 1 aromatic carbocycles. The summed E-state index contributed by atoms with van der Waals surface area (Å²) in [4.78, 5) is 10.7. The summed E-state index contributed by atoms with van der Waals surface area (Å²) < 4.78 is 0. The predicted octanol–water partition coefficient (Wildman–Crippen LogP) is 2.55. The monoisotopic (exact) mass is 176 g/mol. The molecule has 13 heavy (non-hydrogen) atoms. The molecule has 0 radical (unpaired) electrons. The van der Waals surface area contributed by atoms with E-state index in [0.717, 1.165) is 5.57 Å². The number of phenolic OH excluding ortho intramolecular Hbond substituents is 1. The SMILES string of the molecule is C=C(C)c1ccc(C)c(O)c1C=O. The first-order chi connectivity index (χ1) is 6.07. The summed E-state index contributed by atoms with van der Waals surface area (Å²) in [7, 11) is 0. The highest BCUT2D eigenvalue weighted by molar-refractivity contribution is 5.88. The fourth-order valence-corrected chi connectivity index (χ4v) is 1.21. The fraction of sp³-hybridized carbons (Fsp3) is 0.182. The van der Waals surface area contributed by atoms with Gasteiger partial charge in [0.1, 0.15) is 5.75 Å². The molecule has 2 heteroatoms. The Labute approximate surface area is 77.5 Å². The largest absolute Gasteiger partial charge is 0.507 e. The van der Waals surface area contributed by atoms with Crippen molar-refractivity contribution in [3.05, 3.63) is 35.4 Å². The number of hydrogen-bond acceptors (Lipinski definition) is 2. The Morgan fingerprint density at radius 2 is 2.15 bits per heavy atom. The van der Waals surface area contributed by atoms with Crippen LogP contribution in [0.2, 0.25) is 0 Å². The van der Waals surface area contributed by atoms with Gasteiger partial charge in [0.2, 0.25) is 0 Å². The van der Waals surface area contributed by atoms with Gasteiger partial charge in [-0.15, -0.1) is 0 Å². The van der Waals surface area contributed by atoms with Gasteiger partial charge in [0.25, 0.3) is 0 Å². The van der Waals surface area contributed by atoms with Crippen molar-refractivity contribution >= 4 is 11.9 Å². The number of phenols is 1. The maximum absolute atomic E-state index is 10.7. The molecule has 0 unspecified atom stereocenters. The Morgan fingerprint density at radius 3 is 2.62 bits per heavy atom. The Kier molecular flexibility index (Phi) is 2.52. The minimum absolute atomic E-state index is 0.0514. The van der Waals surface area contributed by atoms with Gasteiger partial charge in [-0.3, -0.25) is 4.79 Å². The van der Waals surface area contributed by atoms with Crippen LogP contribution in [0.15, 0.2) is 18.7 Å². The van der Waals surface area contributed by atoms with Crippen LogP contribution >= 0.6 is 0 Å². The van der Waals surface area contributed by atoms with Crippen molar-refractivity contribution in [1.82, 2.24) is 0 Å². The Hall–Kier alpha value is -1.57. The van der Waals surface area contributed by atoms with Gasteiger partial charge in [-0.25, -0.2) is 0 Å². The lowest BCUT2D eigenvalue weighted by Gasteiger charge is -2.07. The van der Waals surface area contributed by atoms with Crippen LogP contribution in [0, 0.1) is 6.92 Å². The van der Waals surface area contributed by atoms with Crippen LogP contribution in [-0.2, 0) is 0 Å². The van der Waals surface area contributed by atoms with Crippen LogP contribution in [-0.4, -0.2) is 11.4 Å². The lowest BCUT2D eigenvalue weighted by Crippen LogP contribution is -1.92. The second-order valence-corrected chi connectivity index (χ2v) is 3.09. The normalized spacial score (nSPS) is 9.69. The number of allylic oxidation sites excluding steroid dienone is 1. The van der Waals surface area contributed by atoms with Gasteiger partial charge >= 0.3 is 0 Å². The molecule has 0 amide bonds. The van der Waals surface area contributed by atoms with Crippen LogP contribution in [0.25, 0.3) is 5.57 Å². The Bertz CT molecular complexity index is 365. The average molecular weight is 176 g/mol. The zero-order valence-corrected chi connectivity index (χ0v) is 7.79. The van der Waals surface area contributed by atoms with Gasteiger partial charge in [-0.1, -0.05) is 24.3 Å². The number of benzene rings is 1. The summed E-state index contributed by atoms with van der Waals surface area (Å²) in [6.07, 6.45) is 0.659. The van der Waals surface area contributed by atoms with E-state index in [4.69, 9.17) is 0 Å². The topological polar surface area (TPSA) is 37.3 Å². The van der Waals surface area contributed by atoms with Crippen molar-refractivity contribution in [3.63, 3.8) is 0 Å². The van der Waals surface area contributed by atoms with Gasteiger partial charge in [0.05, 0.1) is 5.56 Å². The lowest BCUT2D eigenvalue weighted by atomic mass is 9.99. The Morgan fingerprint density at radius 1 is 1.54 bits per heavy atom. The molecule has 0 fully saturated rings. The van der Waals surface area contributed by atoms with Crippen LogP contribution in [0.3, 0.4) is 0 Å². The average Bonchev–Trinajstić information content (AvgIpc) is 2.09. The van der Waals surface area contributed by atoms with E-state index < -0.39 is 0 Å². The van der Waals surface area contributed by atoms with Gasteiger partial charge in [-0.05, 0) is 25.0 Å². The van der Waals surface area contributed by atoms with Gasteiger partial charge < -0.3 is 5.11 Å². The first kappa shape index (κ1) is 9.52. The standard InChI is InChI=1S/C11H12O2/c1-7(2)9-5-4-8(3)11(13)10(9)6-12/h4-6,13H,1H2,2-3H3. The van der Waals surface area contributed by atoms with E-state index >= 15 is 0 Å². The van der Waals surface area contributed by atoms with Gasteiger partial charge in [0.15, 0.2) is 6.29 Å². The van der Waals surface area contributed by atoms with Gasteiger partial charge in [-0.2, -0.15) is 0 Å². The highest BCUT2D eigenvalue weighted by Crippen LogP contribution is 2.27. The summed E-state index contributed by atoms with van der Waals surface area (Å²) in [6, 6.07) is 3.56. The van der Waals surface area contributed by atoms with Crippen molar-refractivity contribution in [2.75, 3.05) is 0 Å². The van der Waals surface area contributed by atoms with Crippen molar-refractivity contribution < 1.29 is 9.90 Å². The van der Waals surface area contributed by atoms with Crippen LogP contribution in [0.4, 0.5) is 0 Å². The number of aromatic hydroxyl groups is 1. The molecule has 0 aliphatic rings. The molecule has 0 aromatic heterocycles. The number of carbonyl (C=O) groups excluding carboxylic acids is 1. The molecule has 0 saturated heterocycles. The summed E-state index contributed by atoms with van der Waals surface area (Å²) in [5.41, 5.74) is 2.51. The predicted molar refractivity (Wildman–Crippen MR) is 52.9 cm³/mol. The zero-order valence-electron chi connectivity index (χ0n) is 7.79. The molecule has 0 spiro atoms. The van der Waals surface area contributed by atoms with Crippen molar-refractivity contribution in [3.8, 4) is 5.75 Å². The number of aldehydes is 1. The maximum atomic E-state index is 10.7. The number of aryl methyl sites for hydroxylation is 1. The highest BCUT2D eigenvalue weighted by atomic mass is 16.3. The molecule has 1 N–H and O–H groups in total. The van der Waals surface area contributed by atoms with E-state index in [0.29, 0.717) is 23.0 Å². The molecule has 0 aliphatic heterocycles. The fourth-order valence-electron chi connectivity index (χ4n) is 1.21. The molecular formula is C11H12O2. The summed E-state index contributed by atoms with van der Waals surface area (Å²) in [5, 5.41) is 9.55. The zero-order chi connectivity index (χ0) is 10.0. The number of rotatable bonds is 2. The smallest absolute Gasteiger partial charge is 0.154 e. The van der Waals surface area contributed by atoms with Crippen LogP contribution < -0.4 is 0 Å². The second-order valence-electron chi connectivity index (χ2n) is 3.09. The third kappa shape index (κ3) is 1.61. The van der Waals surface area contributed by atoms with E-state index in [1.54, 1.807) is 26.0 Å². The molecule has 0 aliphatic carbocycles. The van der Waals surface area contributed by atoms with E-state index in [1.165, 1.54) is 0 Å². The number of hydrogen-bond donors (Lipinski definition) is 1. The Balaban J connectivity index is 3.47. The van der Waals surface area contributed by atoms with E-state index in [-0.39, 0.29) is 5.75 Å². The van der Waals surface area contributed by atoms with Crippen LogP contribution in [0.1, 0.15) is 28.4 Å². The summed E-state index contributed by atoms with van der Waals surface area (Å²) in [5.74, 6) is 0.0514. The molecule has 68 valence electrons. The molecule has 1 aromatic rings. The first-order valence-electron chi connectivity index (χ1n) is 4.01. The van der Waals surface area contributed by atoms with Crippen molar-refractivity contribution in [2.45, 2.75) is 13.8 Å². The third-order valence-corrected chi connectivity index (χ3v) is 2.00. The minimum Gasteiger partial charge on any atom is -0.507 e. The van der Waals surface area contributed by atoms with E-state index in [2.05, 4.69) is 6.58 Å². The van der Waals surface area contributed by atoms with Crippen LogP contribution in [0.5, 0.6) is 5.75 Å². The minimum atomic E-state index is 0.0514. The summed E-state index contributed by atoms with van der Waals surface area (Å²) in [6.45, 7) is 7.29. The molecule has 0 atom stereocenters. The lowest BCUT2D eigenvalue weighted by molar-refractivity contribution is 0.112. The maximum Gasteiger partial charge on any atom is 0.154 e. The molecule has 0 bridgehead atoms. The first-order valence-corrected chi connectivity index (χ1v) is 4.01. The van der Waals surface area contributed by atoms with E-state index in [1.807, 2.05) is 0 Å². The quantitative estimate of drug-likeness (QED) is 0.703. The van der Waals surface area contributed by atoms with Crippen molar-refractivity contribution in [1.29, 1.82) is 0 Å². The molecule has 2 nitrogen and oxygen atoms in total. The van der Waals surface area contributed by atoms with Crippen molar-refractivity contribution in [2.24, 2.45) is 0 Å². The van der Waals surface area contributed by atoms with E-state index in [9.17, 15) is 9.90 Å². The summed E-state index contributed by atoms with van der Waals surface area (Å²) >= 11 is 0. The second kappa shape index (κ2) is 3.44. The molecule has 0 saturated carbocycles. The number of carbonyl (C=O) groups is 1. The van der Waals surface area contributed by atoms with Gasteiger partial charge in [0, 0.05) is 0 Å².